The molecule has 5 rings (SSSR count). The van der Waals surface area contributed by atoms with Crippen molar-refractivity contribution in [2.45, 2.75) is 257 Å². The minimum atomic E-state index is -1.83. The Labute approximate surface area is 685 Å². The third-order valence-corrected chi connectivity index (χ3v) is 18.1. The van der Waals surface area contributed by atoms with Crippen molar-refractivity contribution in [1.82, 2.24) is 0 Å². The maximum Gasteiger partial charge on any atom is 0.311 e. The van der Waals surface area contributed by atoms with Crippen molar-refractivity contribution in [1.29, 1.82) is 0 Å². The van der Waals surface area contributed by atoms with Gasteiger partial charge in [-0.25, -0.2) is 0 Å². The third-order valence-electron chi connectivity index (χ3n) is 18.1. The van der Waals surface area contributed by atoms with Gasteiger partial charge in [-0.2, -0.15) is 0 Å². The zero-order chi connectivity index (χ0) is 86.5. The molecular weight excluding hydrogens is 1520 g/mol. The molecular formula is C85H132O31. The summed E-state index contributed by atoms with van der Waals surface area (Å²) in [7, 11) is 0. The number of rotatable bonds is 48. The zero-order valence-electron chi connectivity index (χ0n) is 70.6. The monoisotopic (exact) mass is 1650 g/mol. The molecule has 5 saturated heterocycles. The Bertz CT molecular complexity index is 3140. The van der Waals surface area contributed by atoms with E-state index in [1.165, 1.54) is 60.8 Å². The number of esters is 5. The molecule has 0 bridgehead atoms. The van der Waals surface area contributed by atoms with Gasteiger partial charge in [0, 0.05) is 0 Å². The molecule has 0 aliphatic carbocycles. The Morgan fingerprint density at radius 2 is 0.448 bits per heavy atom. The highest BCUT2D eigenvalue weighted by atomic mass is 16.8. The predicted molar refractivity (Wildman–Crippen MR) is 422 cm³/mol. The van der Waals surface area contributed by atoms with Crippen molar-refractivity contribution in [3.05, 3.63) is 127 Å². The summed E-state index contributed by atoms with van der Waals surface area (Å²) in [6.45, 7) is 60.1. The minimum absolute atomic E-state index is 0.0145. The van der Waals surface area contributed by atoms with Gasteiger partial charge in [0.15, 0.2) is 62.0 Å². The molecule has 5 fully saturated rings. The SMILES string of the molecule is C=CCOC[C@H]1O[C@@H](O[C@@H]2[C@H](OCC=C)[C@@H](OC(=O)C(C)(C)C)[C@H](O[C@@H]3[C@H](OCC=C)[C@@H](OC(=O)C(C)(C)C)[C@H](O[C@@H]4[C@H](OCC=C)[C@@H](OC(=O)C(C)(C)C)[C@H](O[C@@H]5[C@H](OCC=C)[C@@H](OC(=O)C(C)(C)C)[C@H](O)O[C@@H]5COCC=C)O[C@@H]4COCC=C)O[C@@H]3COCC=C)O[C@@H]2COCC=C)[C@H](OC(=O)C(C)(C)C)[C@@H](OCC=C)[C@H]1O. The fourth-order valence-electron chi connectivity index (χ4n) is 12.1. The van der Waals surface area contributed by atoms with Gasteiger partial charge in [-0.3, -0.25) is 24.0 Å². The van der Waals surface area contributed by atoms with Gasteiger partial charge >= 0.3 is 29.8 Å². The fourth-order valence-corrected chi connectivity index (χ4v) is 12.1. The molecule has 0 spiro atoms. The van der Waals surface area contributed by atoms with Gasteiger partial charge in [-0.1, -0.05) is 60.8 Å². The molecule has 0 unspecified atom stereocenters. The van der Waals surface area contributed by atoms with Crippen LogP contribution in [-0.2, 0) is 138 Å². The summed E-state index contributed by atoms with van der Waals surface area (Å²) < 4.78 is 159. The molecule has 0 amide bonds. The zero-order valence-corrected chi connectivity index (χ0v) is 70.6. The van der Waals surface area contributed by atoms with E-state index in [-0.39, 0.29) is 92.5 Å². The molecule has 658 valence electrons. The van der Waals surface area contributed by atoms with Gasteiger partial charge in [0.1, 0.15) is 91.6 Å². The first-order chi connectivity index (χ1) is 54.7. The summed E-state index contributed by atoms with van der Waals surface area (Å²) in [5.41, 5.74) is -5.97. The largest absolute Gasteiger partial charge is 0.454 e. The molecule has 5 aliphatic heterocycles. The Hall–Kier alpha value is -6.09. The molecule has 0 aromatic carbocycles. The number of hydrogen-bond acceptors (Lipinski definition) is 31. The quantitative estimate of drug-likeness (QED) is 0.0251. The van der Waals surface area contributed by atoms with E-state index >= 15 is 4.79 Å². The maximum absolute atomic E-state index is 15.0. The predicted octanol–water partition coefficient (Wildman–Crippen LogP) is 8.16. The van der Waals surface area contributed by atoms with E-state index in [4.69, 9.17) is 114 Å². The average Bonchev–Trinajstić information content (AvgIpc) is 0.754. The van der Waals surface area contributed by atoms with Crippen molar-refractivity contribution in [2.24, 2.45) is 27.1 Å². The number of hydrogen-bond donors (Lipinski definition) is 2. The molecule has 0 saturated carbocycles. The molecule has 5 heterocycles. The van der Waals surface area contributed by atoms with E-state index in [2.05, 4.69) is 65.8 Å². The van der Waals surface area contributed by atoms with Crippen LogP contribution in [0.3, 0.4) is 0 Å². The Morgan fingerprint density at radius 3 is 0.681 bits per heavy atom. The van der Waals surface area contributed by atoms with Crippen LogP contribution in [-0.4, -0.2) is 293 Å². The standard InChI is InChI=1S/C85H132O31/c1-26-36-93-46-51-56(86)61(98-41-31-6)67(113-77(89)82(14,15)16)72(104-51)109-58-53(48-95-38-28-3)106-74(69(63(58)100-43-33-8)115-79(91)84(20,21)22)111-60-55(50-97-40-30-5)107-75(70(65(60)102-45-35-10)116-80(92)85(23,24)25)110-59-54(49-96-39-29-4)105-73(68(64(59)101-44-34-9)114-78(90)83(17,18)19)108-57-52(47-94-37-27-2)103-71(87)66(62(57)99-42-32-7)112-76(88)81(11,12)13/h26-35,51-75,86-87H,1-10,36-50H2,11-25H3/t51-,52-,53-,54-,55-,56+,57+,58+,59+,60+,61+,62+,63+,64+,65+,66-,67-,68-,69-,70-,71-,72+,73+,74+,75+/m1/s1. The van der Waals surface area contributed by atoms with Crippen LogP contribution in [0.2, 0.25) is 0 Å². The fraction of sp³-hybridized carbons (Fsp3) is 0.706. The van der Waals surface area contributed by atoms with Gasteiger partial charge < -0.3 is 124 Å². The summed E-state index contributed by atoms with van der Waals surface area (Å²) >= 11 is 0. The number of carbonyl (C=O) groups is 5. The van der Waals surface area contributed by atoms with Crippen LogP contribution in [0.15, 0.2) is 127 Å². The lowest BCUT2D eigenvalue weighted by molar-refractivity contribution is -0.398. The number of ether oxygens (including phenoxy) is 24. The van der Waals surface area contributed by atoms with E-state index in [1.807, 2.05) is 0 Å². The van der Waals surface area contributed by atoms with E-state index < -0.39 is 217 Å². The first kappa shape index (κ1) is 100. The van der Waals surface area contributed by atoms with Gasteiger partial charge in [0.2, 0.25) is 0 Å². The second kappa shape index (κ2) is 47.8. The van der Waals surface area contributed by atoms with Gasteiger partial charge in [-0.05, 0) is 104 Å². The molecule has 31 heteroatoms. The highest BCUT2D eigenvalue weighted by molar-refractivity contribution is 5.77. The van der Waals surface area contributed by atoms with Crippen molar-refractivity contribution >= 4 is 29.8 Å². The van der Waals surface area contributed by atoms with Crippen LogP contribution in [0.1, 0.15) is 104 Å². The third kappa shape index (κ3) is 29.4. The normalized spacial score (nSPS) is 31.9. The van der Waals surface area contributed by atoms with Crippen molar-refractivity contribution in [3.8, 4) is 0 Å². The van der Waals surface area contributed by atoms with Gasteiger partial charge in [0.05, 0.1) is 126 Å². The summed E-state index contributed by atoms with van der Waals surface area (Å²) in [6, 6.07) is 0. The first-order valence-corrected chi connectivity index (χ1v) is 39.1. The number of aliphatic hydroxyl groups excluding tert-OH is 2. The lowest BCUT2D eigenvalue weighted by Crippen LogP contribution is -2.70. The summed E-state index contributed by atoms with van der Waals surface area (Å²) in [5.74, 6) is -3.85. The van der Waals surface area contributed by atoms with E-state index in [0.29, 0.717) is 0 Å². The number of aliphatic hydroxyl groups is 2. The highest BCUT2D eigenvalue weighted by Gasteiger charge is 2.62. The lowest BCUT2D eigenvalue weighted by Gasteiger charge is -2.52. The first-order valence-electron chi connectivity index (χ1n) is 39.1. The smallest absolute Gasteiger partial charge is 0.311 e. The molecule has 2 N–H and O–H groups in total. The lowest BCUT2D eigenvalue weighted by atomic mass is 9.93. The summed E-state index contributed by atoms with van der Waals surface area (Å²) in [6.07, 6.45) is -24.0. The summed E-state index contributed by atoms with van der Waals surface area (Å²) in [4.78, 5) is 72.6. The molecule has 5 aliphatic rings. The topological polar surface area (TPSA) is 347 Å². The molecule has 0 aromatic rings. The maximum atomic E-state index is 15.0. The second-order valence-corrected chi connectivity index (χ2v) is 33.3. The van der Waals surface area contributed by atoms with Crippen LogP contribution in [0, 0.1) is 27.1 Å². The molecule has 0 aromatic heterocycles. The van der Waals surface area contributed by atoms with Crippen molar-refractivity contribution < 1.29 is 148 Å². The minimum Gasteiger partial charge on any atom is -0.454 e. The van der Waals surface area contributed by atoms with Crippen LogP contribution >= 0.6 is 0 Å². The van der Waals surface area contributed by atoms with Crippen LogP contribution in [0.4, 0.5) is 0 Å². The van der Waals surface area contributed by atoms with E-state index in [0.717, 1.165) is 0 Å². The Balaban J connectivity index is 1.83. The molecule has 116 heavy (non-hydrogen) atoms. The van der Waals surface area contributed by atoms with Crippen molar-refractivity contribution in [2.75, 3.05) is 99.1 Å². The van der Waals surface area contributed by atoms with E-state index in [9.17, 15) is 29.4 Å². The Morgan fingerprint density at radius 1 is 0.259 bits per heavy atom. The van der Waals surface area contributed by atoms with Crippen LogP contribution in [0.25, 0.3) is 0 Å². The molecule has 31 nitrogen and oxygen atoms in total. The van der Waals surface area contributed by atoms with Gasteiger partial charge in [-0.15, -0.1) is 65.8 Å². The van der Waals surface area contributed by atoms with Crippen LogP contribution in [0.5, 0.6) is 0 Å². The average molecular weight is 1650 g/mol. The highest BCUT2D eigenvalue weighted by Crippen LogP contribution is 2.43. The number of carbonyl (C=O) groups excluding carboxylic acids is 5. The Kier molecular flexibility index (Phi) is 41.4. The second-order valence-electron chi connectivity index (χ2n) is 33.3. The van der Waals surface area contributed by atoms with Gasteiger partial charge in [0.25, 0.3) is 0 Å². The molecule has 0 radical (unpaired) electrons. The molecule has 25 atom stereocenters. The van der Waals surface area contributed by atoms with Crippen molar-refractivity contribution in [3.63, 3.8) is 0 Å². The van der Waals surface area contributed by atoms with E-state index in [1.54, 1.807) is 104 Å². The summed E-state index contributed by atoms with van der Waals surface area (Å²) in [5, 5.41) is 23.9. The van der Waals surface area contributed by atoms with Crippen LogP contribution < -0.4 is 0 Å².